The lowest BCUT2D eigenvalue weighted by molar-refractivity contribution is -0.213. The molecule has 4 aliphatic rings. The van der Waals surface area contributed by atoms with Gasteiger partial charge in [-0.05, 0) is 63.2 Å². The molecule has 0 aliphatic heterocycles. The zero-order valence-electron chi connectivity index (χ0n) is 18.0. The van der Waals surface area contributed by atoms with Crippen LogP contribution in [0.3, 0.4) is 0 Å². The van der Waals surface area contributed by atoms with E-state index in [0.717, 1.165) is 6.42 Å². The first-order valence-electron chi connectivity index (χ1n) is 10.2. The van der Waals surface area contributed by atoms with Crippen LogP contribution in [0.25, 0.3) is 0 Å². The highest BCUT2D eigenvalue weighted by Crippen LogP contribution is 2.63. The highest BCUT2D eigenvalue weighted by molar-refractivity contribution is 7.90. The number of ether oxygens (including phenoxy) is 1. The molecule has 1 amide bonds. The maximum absolute atomic E-state index is 13.1. The lowest BCUT2D eigenvalue weighted by Crippen LogP contribution is -2.63. The highest BCUT2D eigenvalue weighted by Gasteiger charge is 2.64. The van der Waals surface area contributed by atoms with Crippen LogP contribution in [-0.4, -0.2) is 31.4 Å². The molecule has 4 fully saturated rings. The molecule has 0 aromatic heterocycles. The largest absolute Gasteiger partial charge is 0.516 e. The summed E-state index contributed by atoms with van der Waals surface area (Å²) in [5.74, 6) is -1.52. The Morgan fingerprint density at radius 1 is 0.967 bits per heavy atom. The van der Waals surface area contributed by atoms with Gasteiger partial charge >= 0.3 is 21.5 Å². The molecule has 4 aliphatic carbocycles. The molecule has 0 saturated heterocycles. The molecule has 30 heavy (non-hydrogen) atoms. The number of amides is 1. The van der Waals surface area contributed by atoms with Crippen molar-refractivity contribution in [1.29, 1.82) is 0 Å². The fourth-order valence-corrected chi connectivity index (χ4v) is 6.06. The molecule has 4 saturated carbocycles. The van der Waals surface area contributed by atoms with Crippen molar-refractivity contribution in [3.63, 3.8) is 0 Å². The van der Waals surface area contributed by atoms with Gasteiger partial charge in [0.1, 0.15) is 5.60 Å². The molecule has 0 radical (unpaired) electrons. The second-order valence-electron chi connectivity index (χ2n) is 11.1. The van der Waals surface area contributed by atoms with Crippen molar-refractivity contribution in [3.05, 3.63) is 0 Å². The van der Waals surface area contributed by atoms with Crippen molar-refractivity contribution in [2.24, 2.45) is 28.1 Å². The van der Waals surface area contributed by atoms with Gasteiger partial charge in [-0.1, -0.05) is 20.8 Å². The molecule has 0 heterocycles. The van der Waals surface area contributed by atoms with Gasteiger partial charge in [0.15, 0.2) is 0 Å². The van der Waals surface area contributed by atoms with Crippen LogP contribution in [0.5, 0.6) is 0 Å². The van der Waals surface area contributed by atoms with E-state index < -0.39 is 43.8 Å². The van der Waals surface area contributed by atoms with Gasteiger partial charge in [-0.15, -0.1) is 0 Å². The standard InChI is InChI=1S/C20H30F3NO5S/c1-16(2,3)17(4,5)15(26)29-19-9-12-6-13(10-19)8-18(7-12,11-19)14(25)24-30(27,28)20(21,22)23/h12-13H,6-11H2,1-5H3,(H,24,25). The molecule has 0 aromatic rings. The number of esters is 1. The molecule has 4 bridgehead atoms. The molecule has 2 unspecified atom stereocenters. The van der Waals surface area contributed by atoms with E-state index in [9.17, 15) is 31.2 Å². The Labute approximate surface area is 175 Å². The van der Waals surface area contributed by atoms with Crippen LogP contribution in [0.4, 0.5) is 13.2 Å². The number of nitrogens with one attached hydrogen (secondary N) is 1. The maximum Gasteiger partial charge on any atom is 0.516 e. The first-order chi connectivity index (χ1) is 13.3. The fourth-order valence-electron chi connectivity index (χ4n) is 5.48. The maximum atomic E-state index is 13.1. The quantitative estimate of drug-likeness (QED) is 0.652. The molecule has 1 N–H and O–H groups in total. The van der Waals surface area contributed by atoms with Crippen molar-refractivity contribution in [1.82, 2.24) is 4.72 Å². The van der Waals surface area contributed by atoms with Crippen LogP contribution in [0.2, 0.25) is 0 Å². The molecule has 4 rings (SSSR count). The summed E-state index contributed by atoms with van der Waals surface area (Å²) in [5, 5.41) is 0. The Morgan fingerprint density at radius 2 is 1.47 bits per heavy atom. The average Bonchev–Trinajstić information content (AvgIpc) is 2.50. The van der Waals surface area contributed by atoms with Gasteiger partial charge in [0, 0.05) is 6.42 Å². The lowest BCUT2D eigenvalue weighted by Gasteiger charge is -2.60. The number of hydrogen-bond donors (Lipinski definition) is 1. The Hall–Kier alpha value is -1.32. The Bertz CT molecular complexity index is 843. The monoisotopic (exact) mass is 453 g/mol. The molecular formula is C20H30F3NO5S. The van der Waals surface area contributed by atoms with Crippen LogP contribution in [0.15, 0.2) is 0 Å². The minimum absolute atomic E-state index is 0.0103. The van der Waals surface area contributed by atoms with E-state index in [-0.39, 0.29) is 23.7 Å². The zero-order valence-corrected chi connectivity index (χ0v) is 18.8. The molecule has 0 aromatic carbocycles. The van der Waals surface area contributed by atoms with Crippen molar-refractivity contribution in [2.45, 2.75) is 84.3 Å². The minimum atomic E-state index is -5.78. The summed E-state index contributed by atoms with van der Waals surface area (Å²) in [4.78, 5) is 25.9. The van der Waals surface area contributed by atoms with E-state index in [1.807, 2.05) is 20.8 Å². The van der Waals surface area contributed by atoms with Crippen LogP contribution in [0, 0.1) is 28.1 Å². The average molecular weight is 454 g/mol. The summed E-state index contributed by atoms with van der Waals surface area (Å²) in [6.07, 6.45) is 2.59. The fraction of sp³-hybridized carbons (Fsp3) is 0.900. The summed E-state index contributed by atoms with van der Waals surface area (Å²) in [7, 11) is -5.78. The van der Waals surface area contributed by atoms with Gasteiger partial charge < -0.3 is 4.74 Å². The Morgan fingerprint density at radius 3 is 1.90 bits per heavy atom. The topological polar surface area (TPSA) is 89.5 Å². The van der Waals surface area contributed by atoms with Crippen molar-refractivity contribution in [2.75, 3.05) is 0 Å². The minimum Gasteiger partial charge on any atom is -0.459 e. The lowest BCUT2D eigenvalue weighted by atomic mass is 9.47. The number of hydrogen-bond acceptors (Lipinski definition) is 5. The summed E-state index contributed by atoms with van der Waals surface area (Å²) in [5.41, 5.74) is -8.98. The number of carbonyl (C=O) groups is 2. The molecule has 10 heteroatoms. The van der Waals surface area contributed by atoms with Gasteiger partial charge in [-0.2, -0.15) is 21.6 Å². The van der Waals surface area contributed by atoms with Crippen molar-refractivity contribution in [3.8, 4) is 0 Å². The van der Waals surface area contributed by atoms with Crippen LogP contribution < -0.4 is 4.72 Å². The first kappa shape index (κ1) is 23.3. The second-order valence-corrected chi connectivity index (χ2v) is 12.7. The van der Waals surface area contributed by atoms with Gasteiger partial charge in [0.05, 0.1) is 10.8 Å². The van der Waals surface area contributed by atoms with E-state index >= 15 is 0 Å². The predicted molar refractivity (Wildman–Crippen MR) is 102 cm³/mol. The third kappa shape index (κ3) is 3.73. The van der Waals surface area contributed by atoms with Gasteiger partial charge in [0.2, 0.25) is 5.91 Å². The van der Waals surface area contributed by atoms with Crippen LogP contribution in [-0.2, 0) is 24.3 Å². The van der Waals surface area contributed by atoms with E-state index in [1.54, 1.807) is 13.8 Å². The molecule has 172 valence electrons. The zero-order chi connectivity index (χ0) is 23.0. The van der Waals surface area contributed by atoms with Crippen molar-refractivity contribution < 1.29 is 35.9 Å². The van der Waals surface area contributed by atoms with E-state index in [1.165, 1.54) is 4.72 Å². The third-order valence-corrected chi connectivity index (χ3v) is 8.78. The van der Waals surface area contributed by atoms with E-state index in [2.05, 4.69) is 0 Å². The molecule has 6 nitrogen and oxygen atoms in total. The highest BCUT2D eigenvalue weighted by atomic mass is 32.2. The number of halogens is 3. The number of sulfonamides is 1. The van der Waals surface area contributed by atoms with Crippen LogP contribution >= 0.6 is 0 Å². The van der Waals surface area contributed by atoms with Gasteiger partial charge in [-0.25, -0.2) is 4.72 Å². The number of carbonyl (C=O) groups excluding carboxylic acids is 2. The normalized spacial score (nSPS) is 34.0. The van der Waals surface area contributed by atoms with Gasteiger partial charge in [0.25, 0.3) is 0 Å². The van der Waals surface area contributed by atoms with E-state index in [4.69, 9.17) is 4.74 Å². The summed E-state index contributed by atoms with van der Waals surface area (Å²) in [6, 6.07) is 0. The Kier molecular flexibility index (Phi) is 5.13. The summed E-state index contributed by atoms with van der Waals surface area (Å²) in [6.45, 7) is 9.34. The van der Waals surface area contributed by atoms with Crippen LogP contribution in [0.1, 0.15) is 73.1 Å². The summed E-state index contributed by atoms with van der Waals surface area (Å²) < 4.78 is 68.6. The number of rotatable bonds is 4. The van der Waals surface area contributed by atoms with E-state index in [0.29, 0.717) is 25.7 Å². The number of alkyl halides is 3. The van der Waals surface area contributed by atoms with Gasteiger partial charge in [-0.3, -0.25) is 9.59 Å². The SMILES string of the molecule is CC(C)(C)C(C)(C)C(=O)OC12CC3CC(C1)CC(C(=O)NS(=O)(=O)C(F)(F)F)(C3)C2. The molecule has 0 spiro atoms. The molecular weight excluding hydrogens is 423 g/mol. The van der Waals surface area contributed by atoms with Crippen molar-refractivity contribution >= 4 is 21.9 Å². The smallest absolute Gasteiger partial charge is 0.459 e. The molecule has 2 atom stereocenters. The summed E-state index contributed by atoms with van der Waals surface area (Å²) >= 11 is 0. The first-order valence-corrected chi connectivity index (χ1v) is 11.7. The predicted octanol–water partition coefficient (Wildman–Crippen LogP) is 3.91. The third-order valence-electron chi connectivity index (χ3n) is 7.72. The Balaban J connectivity index is 1.87. The second kappa shape index (κ2) is 6.59.